The van der Waals surface area contributed by atoms with Crippen LogP contribution in [0.2, 0.25) is 0 Å². The molecule has 1 aromatic heterocycles. The lowest BCUT2D eigenvalue weighted by atomic mass is 10.0. The van der Waals surface area contributed by atoms with Crippen molar-refractivity contribution in [2.75, 3.05) is 18.1 Å². The second kappa shape index (κ2) is 8.59. The smallest absolute Gasteiger partial charge is 0.423 e. The van der Waals surface area contributed by atoms with Crippen LogP contribution in [-0.2, 0) is 6.18 Å². The van der Waals surface area contributed by atoms with Gasteiger partial charge in [0.15, 0.2) is 0 Å². The summed E-state index contributed by atoms with van der Waals surface area (Å²) in [5.41, 5.74) is 1.01. The van der Waals surface area contributed by atoms with Crippen LogP contribution < -0.4 is 9.64 Å². The van der Waals surface area contributed by atoms with Gasteiger partial charge >= 0.3 is 6.18 Å². The fourth-order valence-corrected chi connectivity index (χ4v) is 2.53. The molecule has 1 heterocycles. The van der Waals surface area contributed by atoms with Gasteiger partial charge in [-0.1, -0.05) is 39.8 Å². The molecule has 0 saturated heterocycles. The summed E-state index contributed by atoms with van der Waals surface area (Å²) in [4.78, 5) is 9.85. The maximum absolute atomic E-state index is 13.3. The number of rotatable bonds is 7. The molecule has 27 heavy (non-hydrogen) atoms. The molecule has 148 valence electrons. The largest absolute Gasteiger partial charge is 0.477 e. The summed E-state index contributed by atoms with van der Waals surface area (Å²) in [5.74, 6) is 0.168. The SMILES string of the molecule is CCN(c1cccc(C(C)C)c1)c1ncc(C(F)(F)F)c(OCC(C)C)n1. The third kappa shape index (κ3) is 5.34. The number of aromatic nitrogens is 2. The van der Waals surface area contributed by atoms with Crippen LogP contribution in [0.5, 0.6) is 5.88 Å². The van der Waals surface area contributed by atoms with Crippen LogP contribution in [0.25, 0.3) is 0 Å². The molecule has 0 radical (unpaired) electrons. The minimum absolute atomic E-state index is 0.0782. The van der Waals surface area contributed by atoms with Crippen LogP contribution in [0, 0.1) is 5.92 Å². The zero-order valence-electron chi connectivity index (χ0n) is 16.3. The Balaban J connectivity index is 2.46. The molecule has 0 aliphatic heterocycles. The molecule has 4 nitrogen and oxygen atoms in total. The Kier molecular flexibility index (Phi) is 6.68. The van der Waals surface area contributed by atoms with Crippen molar-refractivity contribution in [3.8, 4) is 5.88 Å². The zero-order chi connectivity index (χ0) is 20.2. The summed E-state index contributed by atoms with van der Waals surface area (Å²) in [5, 5.41) is 0. The Morgan fingerprint density at radius 2 is 1.85 bits per heavy atom. The van der Waals surface area contributed by atoms with Crippen LogP contribution in [-0.4, -0.2) is 23.1 Å². The highest BCUT2D eigenvalue weighted by Gasteiger charge is 2.36. The number of anilines is 2. The van der Waals surface area contributed by atoms with E-state index < -0.39 is 17.6 Å². The first-order chi connectivity index (χ1) is 12.6. The van der Waals surface area contributed by atoms with Gasteiger partial charge in [0.25, 0.3) is 0 Å². The van der Waals surface area contributed by atoms with Crippen molar-refractivity contribution >= 4 is 11.6 Å². The minimum Gasteiger partial charge on any atom is -0.477 e. The highest BCUT2D eigenvalue weighted by Crippen LogP contribution is 2.36. The van der Waals surface area contributed by atoms with Gasteiger partial charge in [0, 0.05) is 18.4 Å². The quantitative estimate of drug-likeness (QED) is 0.606. The monoisotopic (exact) mass is 381 g/mol. The molecule has 0 N–H and O–H groups in total. The Morgan fingerprint density at radius 3 is 2.41 bits per heavy atom. The summed E-state index contributed by atoms with van der Waals surface area (Å²) >= 11 is 0. The van der Waals surface area contributed by atoms with Crippen molar-refractivity contribution in [2.24, 2.45) is 5.92 Å². The molecular formula is C20H26F3N3O. The molecule has 2 aromatic rings. The number of ether oxygens (including phenoxy) is 1. The minimum atomic E-state index is -4.57. The molecule has 0 unspecified atom stereocenters. The molecule has 0 amide bonds. The zero-order valence-corrected chi connectivity index (χ0v) is 16.3. The lowest BCUT2D eigenvalue weighted by molar-refractivity contribution is -0.139. The molecule has 0 aliphatic rings. The fraction of sp³-hybridized carbons (Fsp3) is 0.500. The first-order valence-corrected chi connectivity index (χ1v) is 9.08. The first-order valence-electron chi connectivity index (χ1n) is 9.08. The Labute approximate surface area is 158 Å². The fourth-order valence-electron chi connectivity index (χ4n) is 2.53. The molecule has 0 atom stereocenters. The number of hydrogen-bond donors (Lipinski definition) is 0. The molecule has 7 heteroatoms. The third-order valence-corrected chi connectivity index (χ3v) is 4.01. The van der Waals surface area contributed by atoms with Gasteiger partial charge < -0.3 is 9.64 Å². The lowest BCUT2D eigenvalue weighted by Gasteiger charge is -2.23. The van der Waals surface area contributed by atoms with E-state index in [9.17, 15) is 13.2 Å². The standard InChI is InChI=1S/C20H26F3N3O/c1-6-26(16-9-7-8-15(10-16)14(4)5)19-24-11-17(20(21,22)23)18(25-19)27-12-13(2)3/h7-11,13-14H,6,12H2,1-5H3. The topological polar surface area (TPSA) is 38.2 Å². The van der Waals surface area contributed by atoms with E-state index >= 15 is 0 Å². The van der Waals surface area contributed by atoms with Gasteiger partial charge in [-0.25, -0.2) is 4.98 Å². The summed E-state index contributed by atoms with van der Waals surface area (Å²) < 4.78 is 45.2. The predicted molar refractivity (Wildman–Crippen MR) is 101 cm³/mol. The van der Waals surface area contributed by atoms with E-state index in [2.05, 4.69) is 23.8 Å². The number of halogens is 3. The summed E-state index contributed by atoms with van der Waals surface area (Å²) in [6, 6.07) is 7.84. The van der Waals surface area contributed by atoms with Gasteiger partial charge in [0.1, 0.15) is 5.56 Å². The second-order valence-electron chi connectivity index (χ2n) is 7.09. The normalized spacial score (nSPS) is 11.9. The molecular weight excluding hydrogens is 355 g/mol. The number of benzene rings is 1. The predicted octanol–water partition coefficient (Wildman–Crippen LogP) is 5.81. The van der Waals surface area contributed by atoms with Crippen molar-refractivity contribution in [1.82, 2.24) is 9.97 Å². The molecule has 0 fully saturated rings. The molecule has 0 saturated carbocycles. The van der Waals surface area contributed by atoms with Gasteiger partial charge in [-0.2, -0.15) is 18.2 Å². The first kappa shape index (κ1) is 21.0. The highest BCUT2D eigenvalue weighted by atomic mass is 19.4. The van der Waals surface area contributed by atoms with Gasteiger partial charge in [0.05, 0.1) is 6.61 Å². The summed E-state index contributed by atoms with van der Waals surface area (Å²) in [7, 11) is 0. The van der Waals surface area contributed by atoms with Crippen LogP contribution in [0.15, 0.2) is 30.5 Å². The summed E-state index contributed by atoms with van der Waals surface area (Å²) in [6.45, 7) is 10.5. The van der Waals surface area contributed by atoms with Gasteiger partial charge in [-0.15, -0.1) is 0 Å². The molecule has 0 bridgehead atoms. The van der Waals surface area contributed by atoms with Crippen molar-refractivity contribution in [1.29, 1.82) is 0 Å². The third-order valence-electron chi connectivity index (χ3n) is 4.01. The Morgan fingerprint density at radius 1 is 1.15 bits per heavy atom. The second-order valence-corrected chi connectivity index (χ2v) is 7.09. The number of hydrogen-bond acceptors (Lipinski definition) is 4. The molecule has 0 spiro atoms. The van der Waals surface area contributed by atoms with Gasteiger partial charge in [-0.05, 0) is 36.5 Å². The average Bonchev–Trinajstić information content (AvgIpc) is 2.60. The lowest BCUT2D eigenvalue weighted by Crippen LogP contribution is -2.21. The van der Waals surface area contributed by atoms with E-state index in [-0.39, 0.29) is 18.5 Å². The van der Waals surface area contributed by atoms with Crippen molar-refractivity contribution in [3.63, 3.8) is 0 Å². The highest BCUT2D eigenvalue weighted by molar-refractivity contribution is 5.59. The van der Waals surface area contributed by atoms with Crippen LogP contribution in [0.4, 0.5) is 24.8 Å². The average molecular weight is 381 g/mol. The Hall–Kier alpha value is -2.31. The van der Waals surface area contributed by atoms with E-state index in [0.717, 1.165) is 17.4 Å². The molecule has 1 aromatic carbocycles. The summed E-state index contributed by atoms with van der Waals surface area (Å²) in [6.07, 6.45) is -3.77. The van der Waals surface area contributed by atoms with Crippen molar-refractivity contribution in [3.05, 3.63) is 41.6 Å². The van der Waals surface area contributed by atoms with Gasteiger partial charge in [0.2, 0.25) is 11.8 Å². The van der Waals surface area contributed by atoms with Crippen molar-refractivity contribution < 1.29 is 17.9 Å². The molecule has 2 rings (SSSR count). The van der Waals surface area contributed by atoms with E-state index in [1.54, 1.807) is 4.90 Å². The van der Waals surface area contributed by atoms with Crippen molar-refractivity contribution in [2.45, 2.75) is 46.7 Å². The van der Waals surface area contributed by atoms with Gasteiger partial charge in [-0.3, -0.25) is 0 Å². The number of alkyl halides is 3. The van der Waals surface area contributed by atoms with E-state index in [1.807, 2.05) is 45.0 Å². The number of nitrogens with zero attached hydrogens (tertiary/aromatic N) is 3. The van der Waals surface area contributed by atoms with E-state index in [0.29, 0.717) is 12.5 Å². The van der Waals surface area contributed by atoms with E-state index in [1.165, 1.54) is 0 Å². The van der Waals surface area contributed by atoms with Crippen LogP contribution in [0.1, 0.15) is 51.7 Å². The van der Waals surface area contributed by atoms with Crippen LogP contribution in [0.3, 0.4) is 0 Å². The Bertz CT molecular complexity index is 760. The van der Waals surface area contributed by atoms with E-state index in [4.69, 9.17) is 4.74 Å². The maximum Gasteiger partial charge on any atom is 0.423 e. The molecule has 0 aliphatic carbocycles. The van der Waals surface area contributed by atoms with Crippen LogP contribution >= 0.6 is 0 Å². The maximum atomic E-state index is 13.3.